The van der Waals surface area contributed by atoms with Crippen LogP contribution in [0.25, 0.3) is 0 Å². The zero-order valence-electron chi connectivity index (χ0n) is 12.7. The molecule has 0 amide bonds. The number of sulfonamides is 1. The number of anilines is 1. The van der Waals surface area contributed by atoms with Crippen molar-refractivity contribution in [2.24, 2.45) is 0 Å². The zero-order chi connectivity index (χ0) is 17.9. The Kier molecular flexibility index (Phi) is 5.20. The summed E-state index contributed by atoms with van der Waals surface area (Å²) in [7, 11) is -1.18. The fraction of sp³-hybridized carbons (Fsp3) is 0.133. The summed E-state index contributed by atoms with van der Waals surface area (Å²) in [6.07, 6.45) is 0. The Bertz CT molecular complexity index is 864. The average molecular weight is 372 g/mol. The molecule has 0 aliphatic rings. The number of aromatic carboxylic acids is 1. The third kappa shape index (κ3) is 3.72. The standard InChI is InChI=1S/C15H14ClNO6S/c1-22-13-8-12(14(23-2)7-11(13)16)17-24(20,21)10-5-3-9(4-6-10)15(18)19/h3-8,17H,1-2H3,(H,18,19). The molecule has 7 nitrogen and oxygen atoms in total. The first-order valence-corrected chi connectivity index (χ1v) is 8.42. The molecule has 0 bridgehead atoms. The van der Waals surface area contributed by atoms with Crippen molar-refractivity contribution in [1.29, 1.82) is 0 Å². The van der Waals surface area contributed by atoms with Crippen molar-refractivity contribution in [3.05, 3.63) is 47.0 Å². The summed E-state index contributed by atoms with van der Waals surface area (Å²) in [6, 6.07) is 7.63. The van der Waals surface area contributed by atoms with Crippen LogP contribution < -0.4 is 14.2 Å². The number of halogens is 1. The Morgan fingerprint density at radius 1 is 1.08 bits per heavy atom. The highest BCUT2D eigenvalue weighted by Gasteiger charge is 2.19. The Balaban J connectivity index is 2.40. The minimum atomic E-state index is -3.95. The van der Waals surface area contributed by atoms with Gasteiger partial charge in [0.2, 0.25) is 0 Å². The molecule has 0 fully saturated rings. The maximum absolute atomic E-state index is 12.4. The Morgan fingerprint density at radius 3 is 2.17 bits per heavy atom. The van der Waals surface area contributed by atoms with Crippen molar-refractivity contribution in [1.82, 2.24) is 0 Å². The molecule has 0 saturated heterocycles. The molecule has 0 radical (unpaired) electrons. The molecule has 24 heavy (non-hydrogen) atoms. The highest BCUT2D eigenvalue weighted by Crippen LogP contribution is 2.36. The van der Waals surface area contributed by atoms with E-state index in [2.05, 4.69) is 4.72 Å². The summed E-state index contributed by atoms with van der Waals surface area (Å²) < 4.78 is 37.4. The number of hydrogen-bond donors (Lipinski definition) is 2. The number of rotatable bonds is 6. The van der Waals surface area contributed by atoms with Crippen LogP contribution >= 0.6 is 11.6 Å². The lowest BCUT2D eigenvalue weighted by molar-refractivity contribution is 0.0696. The molecule has 9 heteroatoms. The number of ether oxygens (including phenoxy) is 2. The molecule has 2 aromatic carbocycles. The first-order valence-electron chi connectivity index (χ1n) is 6.56. The lowest BCUT2D eigenvalue weighted by Gasteiger charge is -2.14. The summed E-state index contributed by atoms with van der Waals surface area (Å²) in [5.74, 6) is -0.654. The van der Waals surface area contributed by atoms with Gasteiger partial charge < -0.3 is 14.6 Å². The van der Waals surface area contributed by atoms with Crippen molar-refractivity contribution in [3.8, 4) is 11.5 Å². The molecular weight excluding hydrogens is 358 g/mol. The summed E-state index contributed by atoms with van der Waals surface area (Å²) in [6.45, 7) is 0. The topological polar surface area (TPSA) is 102 Å². The second-order valence-corrected chi connectivity index (χ2v) is 6.71. The van der Waals surface area contributed by atoms with Gasteiger partial charge in [0.25, 0.3) is 10.0 Å². The van der Waals surface area contributed by atoms with E-state index in [4.69, 9.17) is 26.2 Å². The van der Waals surface area contributed by atoms with Crippen LogP contribution in [0.2, 0.25) is 5.02 Å². The molecule has 2 aromatic rings. The van der Waals surface area contributed by atoms with Crippen LogP contribution in [-0.2, 0) is 10.0 Å². The Labute approximate surface area is 143 Å². The molecule has 0 heterocycles. The van der Waals surface area contributed by atoms with Crippen LogP contribution in [0.1, 0.15) is 10.4 Å². The van der Waals surface area contributed by atoms with E-state index < -0.39 is 16.0 Å². The molecular formula is C15H14ClNO6S. The summed E-state index contributed by atoms with van der Waals surface area (Å²) in [5.41, 5.74) is 0.126. The number of benzene rings is 2. The van der Waals surface area contributed by atoms with Crippen LogP contribution in [-0.4, -0.2) is 33.7 Å². The van der Waals surface area contributed by atoms with Crippen molar-refractivity contribution in [3.63, 3.8) is 0 Å². The van der Waals surface area contributed by atoms with E-state index in [0.29, 0.717) is 0 Å². The van der Waals surface area contributed by atoms with Gasteiger partial charge in [-0.05, 0) is 24.3 Å². The lowest BCUT2D eigenvalue weighted by atomic mass is 10.2. The largest absolute Gasteiger partial charge is 0.495 e. The summed E-state index contributed by atoms with van der Waals surface area (Å²) in [5, 5.41) is 9.12. The number of carbonyl (C=O) groups is 1. The molecule has 0 spiro atoms. The molecule has 2 N–H and O–H groups in total. The molecule has 128 valence electrons. The van der Waals surface area contributed by atoms with Crippen LogP contribution in [0.5, 0.6) is 11.5 Å². The van der Waals surface area contributed by atoms with Crippen molar-refractivity contribution < 1.29 is 27.8 Å². The zero-order valence-corrected chi connectivity index (χ0v) is 14.3. The van der Waals surface area contributed by atoms with Crippen LogP contribution in [0.4, 0.5) is 5.69 Å². The van der Waals surface area contributed by atoms with Crippen molar-refractivity contribution in [2.45, 2.75) is 4.90 Å². The molecule has 0 aliphatic carbocycles. The van der Waals surface area contributed by atoms with Crippen LogP contribution in [0.3, 0.4) is 0 Å². The van der Waals surface area contributed by atoms with Gasteiger partial charge >= 0.3 is 5.97 Å². The first-order chi connectivity index (χ1) is 11.3. The quantitative estimate of drug-likeness (QED) is 0.809. The number of carboxylic acids is 1. The van der Waals surface area contributed by atoms with E-state index >= 15 is 0 Å². The number of methoxy groups -OCH3 is 2. The van der Waals surface area contributed by atoms with Gasteiger partial charge in [-0.1, -0.05) is 11.6 Å². The fourth-order valence-electron chi connectivity index (χ4n) is 1.92. The van der Waals surface area contributed by atoms with E-state index in [1.165, 1.54) is 50.6 Å². The van der Waals surface area contributed by atoms with Crippen LogP contribution in [0.15, 0.2) is 41.3 Å². The third-order valence-corrected chi connectivity index (χ3v) is 4.81. The summed E-state index contributed by atoms with van der Waals surface area (Å²) >= 11 is 5.98. The van der Waals surface area contributed by atoms with Crippen LogP contribution in [0, 0.1) is 0 Å². The minimum absolute atomic E-state index is 0.0142. The molecule has 0 saturated carbocycles. The number of hydrogen-bond acceptors (Lipinski definition) is 5. The Hall–Kier alpha value is -2.45. The van der Waals surface area contributed by atoms with E-state index in [1.54, 1.807) is 0 Å². The monoisotopic (exact) mass is 371 g/mol. The van der Waals surface area contributed by atoms with Gasteiger partial charge in [0.1, 0.15) is 11.5 Å². The van der Waals surface area contributed by atoms with Crippen molar-refractivity contribution in [2.75, 3.05) is 18.9 Å². The minimum Gasteiger partial charge on any atom is -0.495 e. The SMILES string of the molecule is COc1cc(NS(=O)(=O)c2ccc(C(=O)O)cc2)c(OC)cc1Cl. The smallest absolute Gasteiger partial charge is 0.335 e. The maximum Gasteiger partial charge on any atom is 0.335 e. The predicted octanol–water partition coefficient (Wildman–Crippen LogP) is 2.86. The van der Waals surface area contributed by atoms with Gasteiger partial charge in [0, 0.05) is 12.1 Å². The predicted molar refractivity (Wildman–Crippen MR) is 88.8 cm³/mol. The van der Waals surface area contributed by atoms with Gasteiger partial charge in [-0.15, -0.1) is 0 Å². The van der Waals surface area contributed by atoms with E-state index in [0.717, 1.165) is 0 Å². The summed E-state index contributed by atoms with van der Waals surface area (Å²) in [4.78, 5) is 10.7. The second-order valence-electron chi connectivity index (χ2n) is 4.62. The van der Waals surface area contributed by atoms with E-state index in [1.807, 2.05) is 0 Å². The Morgan fingerprint density at radius 2 is 1.67 bits per heavy atom. The first kappa shape index (κ1) is 17.9. The maximum atomic E-state index is 12.4. The molecule has 2 rings (SSSR count). The highest BCUT2D eigenvalue weighted by molar-refractivity contribution is 7.92. The van der Waals surface area contributed by atoms with Gasteiger partial charge in [-0.2, -0.15) is 0 Å². The third-order valence-electron chi connectivity index (χ3n) is 3.13. The van der Waals surface area contributed by atoms with Gasteiger partial charge in [-0.3, -0.25) is 4.72 Å². The van der Waals surface area contributed by atoms with Gasteiger partial charge in [-0.25, -0.2) is 13.2 Å². The lowest BCUT2D eigenvalue weighted by Crippen LogP contribution is -2.14. The van der Waals surface area contributed by atoms with Gasteiger partial charge in [0.05, 0.1) is 35.4 Å². The molecule has 0 aromatic heterocycles. The molecule has 0 unspecified atom stereocenters. The number of carboxylic acid groups (broad SMARTS) is 1. The van der Waals surface area contributed by atoms with Gasteiger partial charge in [0.15, 0.2) is 0 Å². The molecule has 0 atom stereocenters. The second kappa shape index (κ2) is 6.98. The highest BCUT2D eigenvalue weighted by atomic mass is 35.5. The fourth-order valence-corrected chi connectivity index (χ4v) is 3.21. The normalized spacial score (nSPS) is 11.0. The van der Waals surface area contributed by atoms with E-state index in [9.17, 15) is 13.2 Å². The van der Waals surface area contributed by atoms with Crippen molar-refractivity contribution >= 4 is 33.3 Å². The average Bonchev–Trinajstić information content (AvgIpc) is 2.55. The molecule has 0 aliphatic heterocycles. The van der Waals surface area contributed by atoms with E-state index in [-0.39, 0.29) is 32.7 Å². The number of nitrogens with one attached hydrogen (secondary N) is 1.